The molecule has 1 aliphatic rings. The lowest BCUT2D eigenvalue weighted by Gasteiger charge is -2.37. The van der Waals surface area contributed by atoms with Crippen molar-refractivity contribution in [1.82, 2.24) is 10.6 Å². The number of piperidine rings is 1. The van der Waals surface area contributed by atoms with E-state index in [9.17, 15) is 9.59 Å². The molecule has 5 heteroatoms. The summed E-state index contributed by atoms with van der Waals surface area (Å²) in [7, 11) is 0. The van der Waals surface area contributed by atoms with Gasteiger partial charge in [-0.2, -0.15) is 0 Å². The van der Waals surface area contributed by atoms with Crippen LogP contribution in [0.2, 0.25) is 0 Å². The van der Waals surface area contributed by atoms with Crippen molar-refractivity contribution in [2.24, 2.45) is 0 Å². The van der Waals surface area contributed by atoms with Crippen LogP contribution < -0.4 is 10.6 Å². The smallest absolute Gasteiger partial charge is 0.326 e. The zero-order valence-electron chi connectivity index (χ0n) is 15.0. The number of benzene rings is 2. The fourth-order valence-electron chi connectivity index (χ4n) is 3.32. The Morgan fingerprint density at radius 1 is 1.08 bits per heavy atom. The van der Waals surface area contributed by atoms with Crippen LogP contribution in [0.1, 0.15) is 34.3 Å². The zero-order chi connectivity index (χ0) is 18.4. The molecule has 5 nitrogen and oxygen atoms in total. The molecule has 1 fully saturated rings. The normalized spacial score (nSPS) is 15.9. The van der Waals surface area contributed by atoms with Gasteiger partial charge < -0.3 is 15.4 Å². The first-order valence-electron chi connectivity index (χ1n) is 8.92. The van der Waals surface area contributed by atoms with Crippen molar-refractivity contribution in [2.75, 3.05) is 19.6 Å². The number of nitrogens with one attached hydrogen (secondary N) is 2. The van der Waals surface area contributed by atoms with Crippen LogP contribution in [0.4, 0.5) is 0 Å². The number of aryl methyl sites for hydroxylation is 1. The van der Waals surface area contributed by atoms with Crippen LogP contribution in [-0.4, -0.2) is 31.5 Å². The average Bonchev–Trinajstić information content (AvgIpc) is 2.67. The highest BCUT2D eigenvalue weighted by molar-refractivity contribution is 5.96. The molecular weight excluding hydrogens is 328 g/mol. The minimum absolute atomic E-state index is 0.144. The summed E-state index contributed by atoms with van der Waals surface area (Å²) < 4.78 is 5.88. The topological polar surface area (TPSA) is 67.4 Å². The molecule has 0 aromatic heterocycles. The van der Waals surface area contributed by atoms with Crippen LogP contribution in [0.5, 0.6) is 0 Å². The highest BCUT2D eigenvalue weighted by Gasteiger charge is 2.37. The summed E-state index contributed by atoms with van der Waals surface area (Å²) in [6, 6.07) is 17.1. The molecule has 0 aliphatic carbocycles. The van der Waals surface area contributed by atoms with Crippen LogP contribution in [0.15, 0.2) is 54.6 Å². The fourth-order valence-corrected chi connectivity index (χ4v) is 3.32. The first-order chi connectivity index (χ1) is 12.6. The molecule has 0 saturated carbocycles. The first kappa shape index (κ1) is 18.1. The third-order valence-corrected chi connectivity index (χ3v) is 4.69. The Labute approximate surface area is 153 Å². The molecule has 0 radical (unpaired) electrons. The van der Waals surface area contributed by atoms with E-state index in [4.69, 9.17) is 4.74 Å². The lowest BCUT2D eigenvalue weighted by atomic mass is 9.85. The van der Waals surface area contributed by atoms with E-state index in [0.717, 1.165) is 24.2 Å². The number of amides is 1. The van der Waals surface area contributed by atoms with E-state index in [1.807, 2.05) is 49.4 Å². The van der Waals surface area contributed by atoms with Gasteiger partial charge in [0, 0.05) is 18.4 Å². The Kier molecular flexibility index (Phi) is 5.68. The maximum Gasteiger partial charge on any atom is 0.326 e. The van der Waals surface area contributed by atoms with Gasteiger partial charge in [0.15, 0.2) is 0 Å². The first-order valence-corrected chi connectivity index (χ1v) is 8.92. The highest BCUT2D eigenvalue weighted by Crippen LogP contribution is 2.34. The molecule has 3 rings (SSSR count). The quantitative estimate of drug-likeness (QED) is 0.812. The molecule has 0 bridgehead atoms. The predicted octanol–water partition coefficient (Wildman–Crippen LogP) is 2.55. The molecular formula is C21H24N2O3. The number of hydrogen-bond acceptors (Lipinski definition) is 4. The van der Waals surface area contributed by atoms with Crippen molar-refractivity contribution >= 4 is 11.9 Å². The second-order valence-corrected chi connectivity index (χ2v) is 6.64. The number of hydrogen-bond donors (Lipinski definition) is 2. The lowest BCUT2D eigenvalue weighted by molar-refractivity contribution is -0.163. The number of carbonyl (C=O) groups is 2. The molecule has 1 heterocycles. The van der Waals surface area contributed by atoms with E-state index in [0.29, 0.717) is 18.4 Å². The molecule has 0 spiro atoms. The average molecular weight is 352 g/mol. The van der Waals surface area contributed by atoms with E-state index in [1.54, 1.807) is 12.1 Å². The molecule has 0 unspecified atom stereocenters. The van der Waals surface area contributed by atoms with Crippen LogP contribution in [0.3, 0.4) is 0 Å². The zero-order valence-corrected chi connectivity index (χ0v) is 15.0. The monoisotopic (exact) mass is 352 g/mol. The summed E-state index contributed by atoms with van der Waals surface area (Å²) in [5.74, 6) is -0.693. The third kappa shape index (κ3) is 4.29. The van der Waals surface area contributed by atoms with E-state index in [-0.39, 0.29) is 12.5 Å². The van der Waals surface area contributed by atoms with E-state index in [1.165, 1.54) is 0 Å². The molecule has 2 N–H and O–H groups in total. The van der Waals surface area contributed by atoms with Crippen molar-refractivity contribution < 1.29 is 14.3 Å². The van der Waals surface area contributed by atoms with E-state index < -0.39 is 11.6 Å². The molecule has 1 aliphatic heterocycles. The SMILES string of the molecule is Cc1cccc(C(=O)NCC(=O)OC2(c3ccccc3)CCNCC2)c1. The minimum Gasteiger partial charge on any atom is -0.453 e. The Morgan fingerprint density at radius 2 is 1.81 bits per heavy atom. The van der Waals surface area contributed by atoms with Crippen LogP contribution in [0.25, 0.3) is 0 Å². The van der Waals surface area contributed by atoms with E-state index in [2.05, 4.69) is 10.6 Å². The fraction of sp³-hybridized carbons (Fsp3) is 0.333. The summed E-state index contributed by atoms with van der Waals surface area (Å²) in [5.41, 5.74) is 1.91. The van der Waals surface area contributed by atoms with Crippen LogP contribution >= 0.6 is 0 Å². The largest absolute Gasteiger partial charge is 0.453 e. The Hall–Kier alpha value is -2.66. The van der Waals surface area contributed by atoms with Crippen molar-refractivity contribution in [1.29, 1.82) is 0 Å². The second kappa shape index (κ2) is 8.15. The number of esters is 1. The molecule has 1 saturated heterocycles. The maximum atomic E-state index is 12.4. The van der Waals surface area contributed by atoms with Crippen molar-refractivity contribution in [2.45, 2.75) is 25.4 Å². The van der Waals surface area contributed by atoms with Gasteiger partial charge in [-0.15, -0.1) is 0 Å². The highest BCUT2D eigenvalue weighted by atomic mass is 16.6. The number of rotatable bonds is 5. The van der Waals surface area contributed by atoms with Gasteiger partial charge in [-0.1, -0.05) is 48.0 Å². The van der Waals surface area contributed by atoms with Crippen molar-refractivity contribution in [3.05, 3.63) is 71.3 Å². The molecule has 2 aromatic rings. The van der Waals surface area contributed by atoms with Gasteiger partial charge in [-0.25, -0.2) is 0 Å². The van der Waals surface area contributed by atoms with Gasteiger partial charge in [0.1, 0.15) is 12.1 Å². The van der Waals surface area contributed by atoms with Crippen LogP contribution in [0, 0.1) is 6.92 Å². The van der Waals surface area contributed by atoms with Crippen molar-refractivity contribution in [3.63, 3.8) is 0 Å². The summed E-state index contributed by atoms with van der Waals surface area (Å²) in [4.78, 5) is 24.6. The third-order valence-electron chi connectivity index (χ3n) is 4.69. The molecule has 26 heavy (non-hydrogen) atoms. The lowest BCUT2D eigenvalue weighted by Crippen LogP contribution is -2.44. The molecule has 1 amide bonds. The minimum atomic E-state index is -0.627. The van der Waals surface area contributed by atoms with Gasteiger partial charge in [-0.05, 0) is 37.7 Å². The van der Waals surface area contributed by atoms with Crippen LogP contribution in [-0.2, 0) is 15.1 Å². The molecule has 2 aromatic carbocycles. The summed E-state index contributed by atoms with van der Waals surface area (Å²) >= 11 is 0. The van der Waals surface area contributed by atoms with Gasteiger partial charge in [0.2, 0.25) is 0 Å². The predicted molar refractivity (Wildman–Crippen MR) is 99.8 cm³/mol. The second-order valence-electron chi connectivity index (χ2n) is 6.64. The Balaban J connectivity index is 1.64. The van der Waals surface area contributed by atoms with Gasteiger partial charge in [-0.3, -0.25) is 9.59 Å². The van der Waals surface area contributed by atoms with Gasteiger partial charge in [0.25, 0.3) is 5.91 Å². The Morgan fingerprint density at radius 3 is 2.50 bits per heavy atom. The molecule has 0 atom stereocenters. The van der Waals surface area contributed by atoms with Gasteiger partial charge >= 0.3 is 5.97 Å². The standard InChI is InChI=1S/C21H24N2O3/c1-16-6-5-7-17(14-16)20(25)23-15-19(24)26-21(10-12-22-13-11-21)18-8-3-2-4-9-18/h2-9,14,22H,10-13,15H2,1H3,(H,23,25). The number of carbonyl (C=O) groups excluding carboxylic acids is 2. The van der Waals surface area contributed by atoms with Crippen molar-refractivity contribution in [3.8, 4) is 0 Å². The molecule has 136 valence electrons. The number of ether oxygens (including phenoxy) is 1. The maximum absolute atomic E-state index is 12.4. The Bertz CT molecular complexity index is 768. The van der Waals surface area contributed by atoms with Gasteiger partial charge in [0.05, 0.1) is 0 Å². The summed E-state index contributed by atoms with van der Waals surface area (Å²) in [6.07, 6.45) is 1.43. The summed E-state index contributed by atoms with van der Waals surface area (Å²) in [5, 5.41) is 5.95. The van der Waals surface area contributed by atoms with E-state index >= 15 is 0 Å². The summed E-state index contributed by atoms with van der Waals surface area (Å²) in [6.45, 7) is 3.36.